The molecule has 0 saturated carbocycles. The van der Waals surface area contributed by atoms with Gasteiger partial charge in [-0.2, -0.15) is 20.1 Å². The largest absolute Gasteiger partial charge is 0.504 e. The minimum absolute atomic E-state index is 0.104. The van der Waals surface area contributed by atoms with Crippen LogP contribution in [0, 0.1) is 9.39 Å². The molecule has 0 unspecified atom stereocenters. The topological polar surface area (TPSA) is 108 Å². The molecule has 9 nitrogen and oxygen atoms in total. The number of hydrazone groups is 1. The Kier molecular flexibility index (Phi) is 7.93. The second-order valence-corrected chi connectivity index (χ2v) is 8.78. The number of aromatic hydroxyl groups is 1. The van der Waals surface area contributed by atoms with E-state index in [1.165, 1.54) is 18.6 Å². The van der Waals surface area contributed by atoms with Crippen LogP contribution in [0.15, 0.2) is 41.5 Å². The van der Waals surface area contributed by atoms with Gasteiger partial charge in [-0.1, -0.05) is 0 Å². The number of nitrogens with one attached hydrogen (secondary N) is 2. The molecule has 0 amide bonds. The summed E-state index contributed by atoms with van der Waals surface area (Å²) in [5, 5.41) is 17.5. The molecule has 0 spiro atoms. The predicted octanol–water partition coefficient (Wildman–Crippen LogP) is 4.90. The van der Waals surface area contributed by atoms with Crippen molar-refractivity contribution >= 4 is 52.3 Å². The number of nitrogens with zero attached hydrogens (tertiary/aromatic N) is 5. The average Bonchev–Trinajstić information content (AvgIpc) is 2.84. The molecule has 1 aliphatic heterocycles. The second-order valence-electron chi connectivity index (χ2n) is 7.61. The zero-order valence-corrected chi connectivity index (χ0v) is 20.8. The van der Waals surface area contributed by atoms with Crippen molar-refractivity contribution in [1.82, 2.24) is 15.0 Å². The van der Waals surface area contributed by atoms with Crippen LogP contribution in [0.3, 0.4) is 0 Å². The fourth-order valence-corrected chi connectivity index (χ4v) is 4.09. The Morgan fingerprint density at radius 2 is 1.85 bits per heavy atom. The molecule has 1 aromatic heterocycles. The van der Waals surface area contributed by atoms with Gasteiger partial charge in [0.15, 0.2) is 11.5 Å². The number of phenols is 1. The Bertz CT molecular complexity index is 1150. The number of rotatable bonds is 8. The summed E-state index contributed by atoms with van der Waals surface area (Å²) in [5.74, 6) is 1.34. The number of benzene rings is 2. The van der Waals surface area contributed by atoms with Gasteiger partial charge in [-0.25, -0.2) is 9.82 Å². The number of hydrogen-bond donors (Lipinski definition) is 3. The van der Waals surface area contributed by atoms with E-state index in [0.29, 0.717) is 33.5 Å². The summed E-state index contributed by atoms with van der Waals surface area (Å²) in [6.07, 6.45) is 4.94. The van der Waals surface area contributed by atoms with E-state index in [-0.39, 0.29) is 17.5 Å². The fraction of sp³-hybridized carbons (Fsp3) is 0.304. The molecule has 2 heterocycles. The van der Waals surface area contributed by atoms with Crippen molar-refractivity contribution in [2.45, 2.75) is 26.2 Å². The van der Waals surface area contributed by atoms with Gasteiger partial charge in [0.1, 0.15) is 5.82 Å². The van der Waals surface area contributed by atoms with E-state index in [1.807, 2.05) is 29.5 Å². The smallest absolute Gasteiger partial charge is 0.250 e. The first-order chi connectivity index (χ1) is 16.5. The molecule has 1 aliphatic rings. The molecule has 3 aromatic rings. The molecule has 178 valence electrons. The molecule has 0 aliphatic carbocycles. The minimum atomic E-state index is -0.316. The van der Waals surface area contributed by atoms with Crippen LogP contribution in [0.5, 0.6) is 11.5 Å². The number of halogens is 2. The van der Waals surface area contributed by atoms with E-state index in [9.17, 15) is 9.50 Å². The summed E-state index contributed by atoms with van der Waals surface area (Å²) in [7, 11) is 0. The Balaban J connectivity index is 1.56. The number of piperidine rings is 1. The van der Waals surface area contributed by atoms with Crippen LogP contribution < -0.4 is 20.4 Å². The highest BCUT2D eigenvalue weighted by atomic mass is 127. The molecular weight excluding hydrogens is 552 g/mol. The summed E-state index contributed by atoms with van der Waals surface area (Å²) in [5.41, 5.74) is 4.27. The lowest BCUT2D eigenvalue weighted by Gasteiger charge is -2.26. The Labute approximate surface area is 210 Å². The monoisotopic (exact) mass is 577 g/mol. The summed E-state index contributed by atoms with van der Waals surface area (Å²) >= 11 is 2.04. The standard InChI is InChI=1S/C23H25FIN7O2/c1-2-34-19-13-15(12-18(25)20(19)33)14-26-31-22-28-21(27-17-8-6-16(24)7-9-17)29-23(30-22)32-10-4-3-5-11-32/h6-9,12-14,33H,2-5,10-11H2,1H3,(H2,27,28,29,30,31)/b26-14+. The van der Waals surface area contributed by atoms with Crippen LogP contribution in [0.1, 0.15) is 31.7 Å². The van der Waals surface area contributed by atoms with Gasteiger partial charge in [0.25, 0.3) is 0 Å². The van der Waals surface area contributed by atoms with Crippen molar-refractivity contribution in [3.05, 3.63) is 51.3 Å². The van der Waals surface area contributed by atoms with Crippen LogP contribution in [-0.2, 0) is 0 Å². The van der Waals surface area contributed by atoms with E-state index >= 15 is 0 Å². The second kappa shape index (κ2) is 11.3. The number of phenolic OH excluding ortho intramolecular Hbond substituents is 1. The Morgan fingerprint density at radius 3 is 2.59 bits per heavy atom. The number of ether oxygens (including phenoxy) is 1. The number of aromatic nitrogens is 3. The van der Waals surface area contributed by atoms with E-state index in [2.05, 4.69) is 35.7 Å². The van der Waals surface area contributed by atoms with Gasteiger partial charge in [0.05, 0.1) is 16.4 Å². The summed E-state index contributed by atoms with van der Waals surface area (Å²) in [4.78, 5) is 15.6. The molecule has 0 radical (unpaired) electrons. The van der Waals surface area contributed by atoms with Crippen molar-refractivity contribution in [3.8, 4) is 11.5 Å². The van der Waals surface area contributed by atoms with Crippen molar-refractivity contribution in [3.63, 3.8) is 0 Å². The third-order valence-electron chi connectivity index (χ3n) is 5.09. The van der Waals surface area contributed by atoms with Crippen LogP contribution >= 0.6 is 22.6 Å². The minimum Gasteiger partial charge on any atom is -0.504 e. The third kappa shape index (κ3) is 6.22. The normalized spacial score (nSPS) is 13.8. The summed E-state index contributed by atoms with van der Waals surface area (Å²) in [6.45, 7) is 4.03. The lowest BCUT2D eigenvalue weighted by molar-refractivity contribution is 0.317. The van der Waals surface area contributed by atoms with Gasteiger partial charge < -0.3 is 20.1 Å². The van der Waals surface area contributed by atoms with Gasteiger partial charge in [-0.05, 0) is 90.7 Å². The predicted molar refractivity (Wildman–Crippen MR) is 139 cm³/mol. The highest BCUT2D eigenvalue weighted by Crippen LogP contribution is 2.32. The van der Waals surface area contributed by atoms with E-state index in [1.54, 1.807) is 30.5 Å². The van der Waals surface area contributed by atoms with Crippen molar-refractivity contribution in [1.29, 1.82) is 0 Å². The third-order valence-corrected chi connectivity index (χ3v) is 5.91. The summed E-state index contributed by atoms with van der Waals surface area (Å²) < 4.78 is 19.4. The van der Waals surface area contributed by atoms with Crippen LogP contribution in [0.4, 0.5) is 27.9 Å². The number of hydrogen-bond acceptors (Lipinski definition) is 9. The first-order valence-corrected chi connectivity index (χ1v) is 12.1. The first kappa shape index (κ1) is 23.9. The first-order valence-electron chi connectivity index (χ1n) is 11.0. The van der Waals surface area contributed by atoms with Crippen molar-refractivity contribution in [2.24, 2.45) is 5.10 Å². The maximum Gasteiger partial charge on any atom is 0.250 e. The molecule has 1 fully saturated rings. The molecular formula is C23H25FIN7O2. The molecule has 2 aromatic carbocycles. The van der Waals surface area contributed by atoms with Gasteiger partial charge in [-0.15, -0.1) is 0 Å². The SMILES string of the molecule is CCOc1cc(/C=N/Nc2nc(Nc3ccc(F)cc3)nc(N3CCCCC3)n2)cc(I)c1O. The molecule has 0 bridgehead atoms. The van der Waals surface area contributed by atoms with Crippen molar-refractivity contribution < 1.29 is 14.2 Å². The molecule has 1 saturated heterocycles. The molecule has 0 atom stereocenters. The van der Waals surface area contributed by atoms with E-state index in [4.69, 9.17) is 4.74 Å². The number of anilines is 4. The zero-order chi connectivity index (χ0) is 23.9. The van der Waals surface area contributed by atoms with Gasteiger partial charge >= 0.3 is 0 Å². The maximum atomic E-state index is 13.3. The molecule has 34 heavy (non-hydrogen) atoms. The molecule has 4 rings (SSSR count). The van der Waals surface area contributed by atoms with Crippen molar-refractivity contribution in [2.75, 3.05) is 35.3 Å². The van der Waals surface area contributed by atoms with Crippen LogP contribution in [-0.4, -0.2) is 46.0 Å². The van der Waals surface area contributed by atoms with Gasteiger partial charge in [0, 0.05) is 18.8 Å². The van der Waals surface area contributed by atoms with Crippen LogP contribution in [0.25, 0.3) is 0 Å². The highest BCUT2D eigenvalue weighted by molar-refractivity contribution is 14.1. The quantitative estimate of drug-likeness (QED) is 0.197. The Morgan fingerprint density at radius 1 is 1.12 bits per heavy atom. The van der Waals surface area contributed by atoms with Crippen LogP contribution in [0.2, 0.25) is 0 Å². The van der Waals surface area contributed by atoms with Gasteiger partial charge in [-0.3, -0.25) is 0 Å². The zero-order valence-electron chi connectivity index (χ0n) is 18.6. The fourth-order valence-electron chi connectivity index (χ4n) is 3.47. The van der Waals surface area contributed by atoms with E-state index < -0.39 is 0 Å². The Hall–Kier alpha value is -3.22. The highest BCUT2D eigenvalue weighted by Gasteiger charge is 2.16. The van der Waals surface area contributed by atoms with E-state index in [0.717, 1.165) is 31.5 Å². The van der Waals surface area contributed by atoms with Gasteiger partial charge in [0.2, 0.25) is 17.8 Å². The average molecular weight is 577 g/mol. The molecule has 3 N–H and O–H groups in total. The molecule has 11 heteroatoms. The lowest BCUT2D eigenvalue weighted by Crippen LogP contribution is -2.31. The summed E-state index contributed by atoms with van der Waals surface area (Å²) in [6, 6.07) is 9.47. The lowest BCUT2D eigenvalue weighted by atomic mass is 10.1. The maximum absolute atomic E-state index is 13.3.